The van der Waals surface area contributed by atoms with Crippen molar-refractivity contribution in [1.82, 2.24) is 15.0 Å². The summed E-state index contributed by atoms with van der Waals surface area (Å²) in [6.45, 7) is 11.8. The monoisotopic (exact) mass is 469 g/mol. The molecule has 2 fully saturated rings. The zero-order valence-electron chi connectivity index (χ0n) is 20.5. The first-order valence-corrected chi connectivity index (χ1v) is 11.7. The molecule has 2 aromatic rings. The van der Waals surface area contributed by atoms with E-state index in [1.54, 1.807) is 18.2 Å². The summed E-state index contributed by atoms with van der Waals surface area (Å²) in [7, 11) is 0. The van der Waals surface area contributed by atoms with Crippen molar-refractivity contribution in [2.24, 2.45) is 11.3 Å². The van der Waals surface area contributed by atoms with Crippen LogP contribution in [-0.4, -0.2) is 59.9 Å². The zero-order valence-corrected chi connectivity index (χ0v) is 20.5. The molecule has 2 amide bonds. The molecule has 0 radical (unpaired) electrons. The van der Waals surface area contributed by atoms with Crippen molar-refractivity contribution in [2.75, 3.05) is 31.6 Å². The van der Waals surface area contributed by atoms with Crippen LogP contribution in [0.2, 0.25) is 0 Å². The minimum Gasteiger partial charge on any atom is -0.381 e. The summed E-state index contributed by atoms with van der Waals surface area (Å²) >= 11 is 0. The summed E-state index contributed by atoms with van der Waals surface area (Å²) < 4.78 is 10.3. The Labute approximate surface area is 200 Å². The average Bonchev–Trinajstić information content (AvgIpc) is 3.28. The van der Waals surface area contributed by atoms with Crippen LogP contribution in [0.3, 0.4) is 0 Å². The molecule has 3 heterocycles. The van der Waals surface area contributed by atoms with Crippen LogP contribution in [0.1, 0.15) is 64.3 Å². The van der Waals surface area contributed by atoms with E-state index in [1.165, 1.54) is 6.21 Å². The minimum absolute atomic E-state index is 0.0137. The number of nitrogens with zero attached hydrogens (tertiary/aromatic N) is 3. The summed E-state index contributed by atoms with van der Waals surface area (Å²) in [4.78, 5) is 29.7. The van der Waals surface area contributed by atoms with Crippen LogP contribution in [0.25, 0.3) is 11.4 Å². The molecule has 0 atom stereocenters. The first-order chi connectivity index (χ1) is 16.2. The number of amides is 2. The zero-order chi connectivity index (χ0) is 24.7. The standard InChI is InChI=1S/C21H27N5O3.C4H8O/c1-21(2,3)11-18(28)26-8-6-14(7-9-26)20-24-19(25-29-20)15-4-5-16(12-22)17(10-15)23-13-27;1-4-2-5-3-4/h4-5,10,12-14,22H,6-9,11H2,1-3H3,(H,23,27);4H,2-3H2,1H3. The van der Waals surface area contributed by atoms with Crippen molar-refractivity contribution < 1.29 is 18.8 Å². The number of nitrogens with one attached hydrogen (secondary N) is 2. The van der Waals surface area contributed by atoms with E-state index in [4.69, 9.17) is 14.7 Å². The van der Waals surface area contributed by atoms with Crippen LogP contribution in [-0.2, 0) is 14.3 Å². The molecule has 0 bridgehead atoms. The second-order valence-corrected chi connectivity index (χ2v) is 10.2. The molecule has 0 spiro atoms. The molecule has 1 aromatic heterocycles. The van der Waals surface area contributed by atoms with Gasteiger partial charge in [0.05, 0.1) is 13.2 Å². The molecule has 2 aliphatic rings. The van der Waals surface area contributed by atoms with E-state index in [0.29, 0.717) is 54.4 Å². The summed E-state index contributed by atoms with van der Waals surface area (Å²) in [5.41, 5.74) is 1.80. The van der Waals surface area contributed by atoms with Crippen molar-refractivity contribution >= 4 is 24.2 Å². The van der Waals surface area contributed by atoms with Crippen LogP contribution in [0.5, 0.6) is 0 Å². The van der Waals surface area contributed by atoms with Gasteiger partial charge in [-0.15, -0.1) is 0 Å². The number of hydrogen-bond acceptors (Lipinski definition) is 7. The molecule has 2 aliphatic heterocycles. The molecule has 2 saturated heterocycles. The van der Waals surface area contributed by atoms with Crippen molar-refractivity contribution in [3.8, 4) is 11.4 Å². The summed E-state index contributed by atoms with van der Waals surface area (Å²) in [5.74, 6) is 2.18. The van der Waals surface area contributed by atoms with Gasteiger partial charge in [-0.3, -0.25) is 9.59 Å². The molecule has 0 saturated carbocycles. The smallest absolute Gasteiger partial charge is 0.230 e. The Morgan fingerprint density at radius 3 is 2.47 bits per heavy atom. The molecule has 34 heavy (non-hydrogen) atoms. The SMILES string of the molecule is CC(C)(C)CC(=O)N1CCC(c2nc(-c3ccc(C=N)c(NC=O)c3)no2)CC1.CC1COC1. The number of carbonyl (C=O) groups excluding carboxylic acids is 2. The predicted octanol–water partition coefficient (Wildman–Crippen LogP) is 4.10. The predicted molar refractivity (Wildman–Crippen MR) is 130 cm³/mol. The van der Waals surface area contributed by atoms with Gasteiger partial charge in [0.15, 0.2) is 0 Å². The van der Waals surface area contributed by atoms with Gasteiger partial charge in [0.2, 0.25) is 24.0 Å². The Kier molecular flexibility index (Phi) is 8.55. The third-order valence-electron chi connectivity index (χ3n) is 5.81. The van der Waals surface area contributed by atoms with Crippen molar-refractivity contribution in [1.29, 1.82) is 5.41 Å². The van der Waals surface area contributed by atoms with E-state index in [1.807, 2.05) is 4.90 Å². The number of benzene rings is 1. The molecular formula is C25H35N5O4. The summed E-state index contributed by atoms with van der Waals surface area (Å²) in [6.07, 6.45) is 3.88. The lowest BCUT2D eigenvalue weighted by Gasteiger charge is -2.32. The number of ether oxygens (including phenoxy) is 1. The van der Waals surface area contributed by atoms with E-state index in [9.17, 15) is 9.59 Å². The Bertz CT molecular complexity index is 985. The Balaban J connectivity index is 0.000000574. The molecule has 4 rings (SSSR count). The molecule has 9 heteroatoms. The molecule has 9 nitrogen and oxygen atoms in total. The number of rotatable bonds is 6. The van der Waals surface area contributed by atoms with Gasteiger partial charge >= 0.3 is 0 Å². The maximum atomic E-state index is 12.4. The van der Waals surface area contributed by atoms with Gasteiger partial charge < -0.3 is 24.9 Å². The van der Waals surface area contributed by atoms with Gasteiger partial charge in [-0.25, -0.2) is 0 Å². The number of carbonyl (C=O) groups is 2. The first-order valence-electron chi connectivity index (χ1n) is 11.7. The minimum atomic E-state index is -0.0137. The fourth-order valence-corrected chi connectivity index (χ4v) is 3.82. The molecule has 2 N–H and O–H groups in total. The second-order valence-electron chi connectivity index (χ2n) is 10.2. The first kappa shape index (κ1) is 25.6. The fourth-order valence-electron chi connectivity index (χ4n) is 3.82. The molecule has 0 aliphatic carbocycles. The average molecular weight is 470 g/mol. The van der Waals surface area contributed by atoms with E-state index in [0.717, 1.165) is 32.0 Å². The van der Waals surface area contributed by atoms with Crippen LogP contribution < -0.4 is 5.32 Å². The number of anilines is 1. The highest BCUT2D eigenvalue weighted by Crippen LogP contribution is 2.30. The molecule has 1 aromatic carbocycles. The van der Waals surface area contributed by atoms with E-state index in [2.05, 4.69) is 43.2 Å². The topological polar surface area (TPSA) is 121 Å². The lowest BCUT2D eigenvalue weighted by Crippen LogP contribution is -2.39. The largest absolute Gasteiger partial charge is 0.381 e. The quantitative estimate of drug-likeness (QED) is 0.485. The third kappa shape index (κ3) is 6.96. The van der Waals surface area contributed by atoms with Gasteiger partial charge in [-0.1, -0.05) is 45.0 Å². The van der Waals surface area contributed by atoms with E-state index in [-0.39, 0.29) is 17.2 Å². The fraction of sp³-hybridized carbons (Fsp3) is 0.560. The molecule has 184 valence electrons. The highest BCUT2D eigenvalue weighted by atomic mass is 16.5. The molecular weight excluding hydrogens is 434 g/mol. The Morgan fingerprint density at radius 2 is 1.94 bits per heavy atom. The highest BCUT2D eigenvalue weighted by molar-refractivity contribution is 5.91. The van der Waals surface area contributed by atoms with Crippen LogP contribution in [0.15, 0.2) is 22.7 Å². The number of likely N-dealkylation sites (tertiary alicyclic amines) is 1. The number of hydrogen-bond donors (Lipinski definition) is 2. The normalized spacial score (nSPS) is 16.8. The lowest BCUT2D eigenvalue weighted by molar-refractivity contribution is -0.134. The maximum Gasteiger partial charge on any atom is 0.230 e. The van der Waals surface area contributed by atoms with Gasteiger partial charge in [-0.05, 0) is 24.3 Å². The van der Waals surface area contributed by atoms with Gasteiger partial charge in [-0.2, -0.15) is 4.98 Å². The number of aromatic nitrogens is 2. The lowest BCUT2D eigenvalue weighted by atomic mass is 9.90. The molecule has 0 unspecified atom stereocenters. The second kappa shape index (κ2) is 11.4. The van der Waals surface area contributed by atoms with Gasteiger partial charge in [0.1, 0.15) is 0 Å². The summed E-state index contributed by atoms with van der Waals surface area (Å²) in [5, 5.41) is 14.1. The van der Waals surface area contributed by atoms with Crippen molar-refractivity contribution in [2.45, 2.75) is 52.9 Å². The number of piperidine rings is 1. The summed E-state index contributed by atoms with van der Waals surface area (Å²) in [6, 6.07) is 5.24. The van der Waals surface area contributed by atoms with Crippen LogP contribution in [0.4, 0.5) is 5.69 Å². The highest BCUT2D eigenvalue weighted by Gasteiger charge is 2.29. The Hall–Kier alpha value is -3.07. The third-order valence-corrected chi connectivity index (χ3v) is 5.81. The van der Waals surface area contributed by atoms with Crippen molar-refractivity contribution in [3.05, 3.63) is 29.7 Å². The van der Waals surface area contributed by atoms with E-state index >= 15 is 0 Å². The Morgan fingerprint density at radius 1 is 1.26 bits per heavy atom. The van der Waals surface area contributed by atoms with Crippen molar-refractivity contribution in [3.63, 3.8) is 0 Å². The van der Waals surface area contributed by atoms with Gasteiger partial charge in [0, 0.05) is 54.4 Å². The maximum absolute atomic E-state index is 12.4. The van der Waals surface area contributed by atoms with Gasteiger partial charge in [0.25, 0.3) is 0 Å². The van der Waals surface area contributed by atoms with Crippen LogP contribution >= 0.6 is 0 Å². The van der Waals surface area contributed by atoms with Crippen LogP contribution in [0, 0.1) is 16.7 Å². The van der Waals surface area contributed by atoms with E-state index < -0.39 is 0 Å².